The van der Waals surface area contributed by atoms with Crippen LogP contribution < -0.4 is 5.32 Å². The number of hydrogen-bond donors (Lipinski definition) is 2. The monoisotopic (exact) mass is 374 g/mol. The third kappa shape index (κ3) is 3.59. The van der Waals surface area contributed by atoms with Crippen molar-refractivity contribution in [1.29, 1.82) is 0 Å². The predicted octanol–water partition coefficient (Wildman–Crippen LogP) is 2.76. The van der Waals surface area contributed by atoms with Gasteiger partial charge in [0, 0.05) is 15.8 Å². The van der Waals surface area contributed by atoms with Crippen LogP contribution in [0.2, 0.25) is 0 Å². The van der Waals surface area contributed by atoms with E-state index < -0.39 is 12.0 Å². The fourth-order valence-corrected chi connectivity index (χ4v) is 2.52. The zero-order chi connectivity index (χ0) is 13.8. The molecule has 2 amide bonds. The zero-order valence-corrected chi connectivity index (χ0v) is 12.5. The highest BCUT2D eigenvalue weighted by Gasteiger charge is 2.31. The Kier molecular flexibility index (Phi) is 4.62. The van der Waals surface area contributed by atoms with E-state index in [-0.39, 0.29) is 6.03 Å². The zero-order valence-electron chi connectivity index (χ0n) is 10.3. The number of carboxylic acids is 1. The van der Waals surface area contributed by atoms with Gasteiger partial charge in [0.2, 0.25) is 0 Å². The van der Waals surface area contributed by atoms with Crippen molar-refractivity contribution in [3.8, 4) is 0 Å². The van der Waals surface area contributed by atoms with Gasteiger partial charge in [-0.15, -0.1) is 0 Å². The standard InChI is InChI=1S/C13H15IN2O3/c14-9-4-6-10(7-5-9)15-13(19)16-8-2-1-3-11(16)12(17)18/h4-7,11H,1-3,8H2,(H,15,19)(H,17,18). The number of anilines is 1. The van der Waals surface area contributed by atoms with Gasteiger partial charge in [0.05, 0.1) is 0 Å². The Morgan fingerprint density at radius 2 is 1.95 bits per heavy atom. The molecule has 1 aliphatic rings. The number of hydrogen-bond acceptors (Lipinski definition) is 2. The number of likely N-dealkylation sites (tertiary alicyclic amines) is 1. The van der Waals surface area contributed by atoms with Crippen LogP contribution in [0.1, 0.15) is 19.3 Å². The van der Waals surface area contributed by atoms with Crippen molar-refractivity contribution in [1.82, 2.24) is 4.90 Å². The molecule has 6 heteroatoms. The molecule has 0 spiro atoms. The number of urea groups is 1. The first-order valence-corrected chi connectivity index (χ1v) is 7.22. The second kappa shape index (κ2) is 6.23. The van der Waals surface area contributed by atoms with Crippen LogP contribution in [0.3, 0.4) is 0 Å². The Balaban J connectivity index is 2.05. The summed E-state index contributed by atoms with van der Waals surface area (Å²) in [6.45, 7) is 0.493. The number of piperidine rings is 1. The summed E-state index contributed by atoms with van der Waals surface area (Å²) in [6.07, 6.45) is 2.23. The highest BCUT2D eigenvalue weighted by atomic mass is 127. The lowest BCUT2D eigenvalue weighted by Crippen LogP contribution is -2.49. The Morgan fingerprint density at radius 1 is 1.26 bits per heavy atom. The van der Waals surface area contributed by atoms with Gasteiger partial charge in [-0.05, 0) is 66.1 Å². The highest BCUT2D eigenvalue weighted by molar-refractivity contribution is 14.1. The number of nitrogens with zero attached hydrogens (tertiary/aromatic N) is 1. The second-order valence-corrected chi connectivity index (χ2v) is 5.73. The summed E-state index contributed by atoms with van der Waals surface area (Å²) in [5.74, 6) is -0.933. The molecule has 0 aliphatic carbocycles. The topological polar surface area (TPSA) is 69.6 Å². The van der Waals surface area contributed by atoms with Crippen LogP contribution >= 0.6 is 22.6 Å². The minimum absolute atomic E-state index is 0.340. The molecule has 1 aliphatic heterocycles. The number of aliphatic carboxylic acids is 1. The van der Waals surface area contributed by atoms with E-state index in [1.807, 2.05) is 12.1 Å². The molecule has 2 N–H and O–H groups in total. The van der Waals surface area contributed by atoms with Gasteiger partial charge in [-0.2, -0.15) is 0 Å². The first kappa shape index (κ1) is 14.1. The van der Waals surface area contributed by atoms with Crippen molar-refractivity contribution in [3.05, 3.63) is 27.8 Å². The molecule has 2 rings (SSSR count). The SMILES string of the molecule is O=C(O)C1CCCCN1C(=O)Nc1ccc(I)cc1. The van der Waals surface area contributed by atoms with Gasteiger partial charge in [0.25, 0.3) is 0 Å². The van der Waals surface area contributed by atoms with Crippen molar-refractivity contribution >= 4 is 40.3 Å². The maximum atomic E-state index is 12.1. The molecule has 0 radical (unpaired) electrons. The number of carbonyl (C=O) groups excluding carboxylic acids is 1. The van der Waals surface area contributed by atoms with Gasteiger partial charge in [-0.25, -0.2) is 9.59 Å². The summed E-state index contributed by atoms with van der Waals surface area (Å²) in [5.41, 5.74) is 0.681. The molecule has 1 saturated heterocycles. The molecule has 1 heterocycles. The maximum absolute atomic E-state index is 12.1. The average Bonchev–Trinajstić information content (AvgIpc) is 2.41. The van der Waals surface area contributed by atoms with Crippen LogP contribution in [0.5, 0.6) is 0 Å². The van der Waals surface area contributed by atoms with Crippen LogP contribution in [0.15, 0.2) is 24.3 Å². The Labute approximate surface area is 125 Å². The fraction of sp³-hybridized carbons (Fsp3) is 0.385. The summed E-state index contributed by atoms with van der Waals surface area (Å²) in [5, 5.41) is 11.9. The minimum atomic E-state index is -0.933. The number of carboxylic acid groups (broad SMARTS) is 1. The molecule has 1 aromatic carbocycles. The van der Waals surface area contributed by atoms with Crippen molar-refractivity contribution < 1.29 is 14.7 Å². The maximum Gasteiger partial charge on any atom is 0.326 e. The number of halogens is 1. The number of rotatable bonds is 2. The van der Waals surface area contributed by atoms with Crippen molar-refractivity contribution in [2.45, 2.75) is 25.3 Å². The lowest BCUT2D eigenvalue weighted by molar-refractivity contribution is -0.143. The van der Waals surface area contributed by atoms with Gasteiger partial charge in [0.15, 0.2) is 0 Å². The molecule has 1 fully saturated rings. The van der Waals surface area contributed by atoms with Crippen LogP contribution in [0.4, 0.5) is 10.5 Å². The molecular weight excluding hydrogens is 359 g/mol. The van der Waals surface area contributed by atoms with E-state index in [0.29, 0.717) is 18.7 Å². The van der Waals surface area contributed by atoms with Crippen molar-refractivity contribution in [2.24, 2.45) is 0 Å². The lowest BCUT2D eigenvalue weighted by Gasteiger charge is -2.32. The Hall–Kier alpha value is -1.31. The Bertz CT molecular complexity index is 475. The predicted molar refractivity (Wildman–Crippen MR) is 80.2 cm³/mol. The fourth-order valence-electron chi connectivity index (χ4n) is 2.16. The van der Waals surface area contributed by atoms with Gasteiger partial charge in [0.1, 0.15) is 6.04 Å². The van der Waals surface area contributed by atoms with Gasteiger partial charge in [-0.1, -0.05) is 0 Å². The van der Waals surface area contributed by atoms with Gasteiger partial charge in [-0.3, -0.25) is 0 Å². The van der Waals surface area contributed by atoms with Crippen molar-refractivity contribution in [2.75, 3.05) is 11.9 Å². The summed E-state index contributed by atoms with van der Waals surface area (Å²) in [7, 11) is 0. The quantitative estimate of drug-likeness (QED) is 0.783. The van der Waals surface area contributed by atoms with Crippen LogP contribution in [-0.4, -0.2) is 34.6 Å². The summed E-state index contributed by atoms with van der Waals surface area (Å²) in [4.78, 5) is 24.7. The van der Waals surface area contributed by atoms with Crippen LogP contribution in [0, 0.1) is 3.57 Å². The average molecular weight is 374 g/mol. The van der Waals surface area contributed by atoms with E-state index in [9.17, 15) is 9.59 Å². The van der Waals surface area contributed by atoms with E-state index in [4.69, 9.17) is 5.11 Å². The summed E-state index contributed by atoms with van der Waals surface area (Å²) >= 11 is 2.18. The molecule has 0 bridgehead atoms. The molecular formula is C13H15IN2O3. The first-order chi connectivity index (χ1) is 9.08. The first-order valence-electron chi connectivity index (χ1n) is 6.14. The van der Waals surface area contributed by atoms with E-state index in [2.05, 4.69) is 27.9 Å². The van der Waals surface area contributed by atoms with Gasteiger partial charge < -0.3 is 15.3 Å². The number of benzene rings is 1. The second-order valence-electron chi connectivity index (χ2n) is 4.48. The third-order valence-corrected chi connectivity index (χ3v) is 3.86. The molecule has 19 heavy (non-hydrogen) atoms. The number of amides is 2. The normalized spacial score (nSPS) is 19.0. The van der Waals surface area contributed by atoms with E-state index >= 15 is 0 Å². The Morgan fingerprint density at radius 3 is 2.58 bits per heavy atom. The molecule has 1 atom stereocenters. The number of nitrogens with one attached hydrogen (secondary N) is 1. The van der Waals surface area contributed by atoms with Crippen LogP contribution in [0.25, 0.3) is 0 Å². The number of carbonyl (C=O) groups is 2. The largest absolute Gasteiger partial charge is 0.480 e. The molecule has 1 unspecified atom stereocenters. The molecule has 0 saturated carbocycles. The molecule has 102 valence electrons. The molecule has 1 aromatic rings. The van der Waals surface area contributed by atoms with Crippen LogP contribution in [-0.2, 0) is 4.79 Å². The lowest BCUT2D eigenvalue weighted by atomic mass is 10.0. The summed E-state index contributed by atoms with van der Waals surface area (Å²) < 4.78 is 1.08. The van der Waals surface area contributed by atoms with E-state index in [0.717, 1.165) is 16.4 Å². The third-order valence-electron chi connectivity index (χ3n) is 3.14. The van der Waals surface area contributed by atoms with E-state index in [1.54, 1.807) is 12.1 Å². The molecule has 5 nitrogen and oxygen atoms in total. The minimum Gasteiger partial charge on any atom is -0.480 e. The smallest absolute Gasteiger partial charge is 0.326 e. The van der Waals surface area contributed by atoms with E-state index in [1.165, 1.54) is 4.90 Å². The summed E-state index contributed by atoms with van der Waals surface area (Å²) in [6, 6.07) is 6.34. The molecule has 0 aromatic heterocycles. The van der Waals surface area contributed by atoms with Gasteiger partial charge >= 0.3 is 12.0 Å². The van der Waals surface area contributed by atoms with Crippen molar-refractivity contribution in [3.63, 3.8) is 0 Å². The highest BCUT2D eigenvalue weighted by Crippen LogP contribution is 2.19.